The van der Waals surface area contributed by atoms with Crippen LogP contribution in [0.25, 0.3) is 10.2 Å². The molecule has 0 fully saturated rings. The van der Waals surface area contributed by atoms with Gasteiger partial charge in [-0.2, -0.15) is 13.2 Å². The van der Waals surface area contributed by atoms with Gasteiger partial charge in [-0.25, -0.2) is 4.98 Å². The molecule has 0 atom stereocenters. The molecule has 2 heterocycles. The molecule has 0 aliphatic rings. The van der Waals surface area contributed by atoms with Crippen molar-refractivity contribution in [2.75, 3.05) is 11.9 Å². The number of nitrogens with zero attached hydrogens (tertiary/aromatic N) is 4. The lowest BCUT2D eigenvalue weighted by atomic mass is 10.2. The molecular formula is C12H10F3N5S. The highest BCUT2D eigenvalue weighted by atomic mass is 32.1. The third-order valence-electron chi connectivity index (χ3n) is 2.80. The summed E-state index contributed by atoms with van der Waals surface area (Å²) in [5.41, 5.74) is -0.340. The van der Waals surface area contributed by atoms with Crippen LogP contribution in [0.15, 0.2) is 30.6 Å². The summed E-state index contributed by atoms with van der Waals surface area (Å²) in [5, 5.41) is 11.1. The van der Waals surface area contributed by atoms with Gasteiger partial charge in [-0.05, 0) is 18.2 Å². The van der Waals surface area contributed by atoms with E-state index in [4.69, 9.17) is 0 Å². The number of benzene rings is 1. The van der Waals surface area contributed by atoms with E-state index in [9.17, 15) is 13.2 Å². The lowest BCUT2D eigenvalue weighted by Gasteiger charge is -2.04. The van der Waals surface area contributed by atoms with Crippen LogP contribution in [0.4, 0.5) is 18.3 Å². The summed E-state index contributed by atoms with van der Waals surface area (Å²) in [4.78, 5) is 4.17. The zero-order valence-corrected chi connectivity index (χ0v) is 11.4. The van der Waals surface area contributed by atoms with Crippen molar-refractivity contribution >= 4 is 26.7 Å². The molecule has 0 saturated carbocycles. The van der Waals surface area contributed by atoms with Crippen LogP contribution in [0.3, 0.4) is 0 Å². The largest absolute Gasteiger partial charge is 0.416 e. The Kier molecular flexibility index (Phi) is 3.50. The van der Waals surface area contributed by atoms with Crippen molar-refractivity contribution in [3.05, 3.63) is 36.2 Å². The Bertz CT molecular complexity index is 735. The van der Waals surface area contributed by atoms with E-state index in [2.05, 4.69) is 20.6 Å². The maximum absolute atomic E-state index is 12.6. The SMILES string of the molecule is FC(F)(F)c1ccc2sc(NCCn3ccnn3)nc2c1. The molecule has 5 nitrogen and oxygen atoms in total. The quantitative estimate of drug-likeness (QED) is 0.804. The smallest absolute Gasteiger partial charge is 0.360 e. The van der Waals surface area contributed by atoms with Gasteiger partial charge < -0.3 is 5.32 Å². The number of hydrogen-bond acceptors (Lipinski definition) is 5. The fraction of sp³-hybridized carbons (Fsp3) is 0.250. The first kappa shape index (κ1) is 13.8. The first-order valence-electron chi connectivity index (χ1n) is 6.08. The number of anilines is 1. The number of fused-ring (bicyclic) bond motifs is 1. The van der Waals surface area contributed by atoms with Crippen LogP contribution in [0, 0.1) is 0 Å². The molecule has 0 aliphatic carbocycles. The second-order valence-corrected chi connectivity index (χ2v) is 5.32. The van der Waals surface area contributed by atoms with Gasteiger partial charge in [0.2, 0.25) is 0 Å². The molecule has 21 heavy (non-hydrogen) atoms. The van der Waals surface area contributed by atoms with E-state index in [1.54, 1.807) is 17.1 Å². The van der Waals surface area contributed by atoms with E-state index < -0.39 is 11.7 Å². The number of nitrogens with one attached hydrogen (secondary N) is 1. The van der Waals surface area contributed by atoms with E-state index >= 15 is 0 Å². The van der Waals surface area contributed by atoms with E-state index in [1.165, 1.54) is 17.4 Å². The molecule has 3 rings (SSSR count). The highest BCUT2D eigenvalue weighted by molar-refractivity contribution is 7.22. The van der Waals surface area contributed by atoms with Gasteiger partial charge in [0.15, 0.2) is 5.13 Å². The summed E-state index contributed by atoms with van der Waals surface area (Å²) in [7, 11) is 0. The second-order valence-electron chi connectivity index (χ2n) is 4.29. The van der Waals surface area contributed by atoms with Crippen LogP contribution in [-0.2, 0) is 12.7 Å². The van der Waals surface area contributed by atoms with Gasteiger partial charge >= 0.3 is 6.18 Å². The van der Waals surface area contributed by atoms with E-state index in [0.717, 1.165) is 12.1 Å². The Morgan fingerprint density at radius 3 is 2.86 bits per heavy atom. The van der Waals surface area contributed by atoms with Gasteiger partial charge in [-0.1, -0.05) is 16.6 Å². The number of thiazole rings is 1. The monoisotopic (exact) mass is 313 g/mol. The highest BCUT2D eigenvalue weighted by Gasteiger charge is 2.30. The van der Waals surface area contributed by atoms with Crippen molar-refractivity contribution < 1.29 is 13.2 Å². The lowest BCUT2D eigenvalue weighted by molar-refractivity contribution is -0.137. The topological polar surface area (TPSA) is 55.6 Å². The molecule has 0 saturated heterocycles. The van der Waals surface area contributed by atoms with Crippen molar-refractivity contribution in [1.29, 1.82) is 0 Å². The molecule has 0 bridgehead atoms. The third-order valence-corrected chi connectivity index (χ3v) is 3.80. The number of halogens is 3. The summed E-state index contributed by atoms with van der Waals surface area (Å²) in [5.74, 6) is 0. The minimum Gasteiger partial charge on any atom is -0.360 e. The molecule has 3 aromatic rings. The average molecular weight is 313 g/mol. The molecule has 1 N–H and O–H groups in total. The average Bonchev–Trinajstić information content (AvgIpc) is 3.05. The number of rotatable bonds is 4. The Morgan fingerprint density at radius 1 is 1.29 bits per heavy atom. The van der Waals surface area contributed by atoms with Crippen molar-refractivity contribution in [3.8, 4) is 0 Å². The molecular weight excluding hydrogens is 303 g/mol. The highest BCUT2D eigenvalue weighted by Crippen LogP contribution is 2.33. The predicted octanol–water partition coefficient (Wildman–Crippen LogP) is 3.02. The minimum atomic E-state index is -4.35. The van der Waals surface area contributed by atoms with Crippen molar-refractivity contribution in [3.63, 3.8) is 0 Å². The number of aromatic nitrogens is 4. The number of alkyl halides is 3. The number of hydrogen-bond donors (Lipinski definition) is 1. The fourth-order valence-electron chi connectivity index (χ4n) is 1.81. The van der Waals surface area contributed by atoms with Gasteiger partial charge in [-0.15, -0.1) is 5.10 Å². The first-order valence-corrected chi connectivity index (χ1v) is 6.90. The molecule has 0 spiro atoms. The fourth-order valence-corrected chi connectivity index (χ4v) is 2.68. The summed E-state index contributed by atoms with van der Waals surface area (Å²) in [6.07, 6.45) is -1.04. The van der Waals surface area contributed by atoms with Crippen LogP contribution in [0.5, 0.6) is 0 Å². The van der Waals surface area contributed by atoms with Gasteiger partial charge in [0, 0.05) is 12.7 Å². The first-order chi connectivity index (χ1) is 10.0. The normalized spacial score (nSPS) is 12.0. The summed E-state index contributed by atoms with van der Waals surface area (Å²) < 4.78 is 40.2. The van der Waals surface area contributed by atoms with Gasteiger partial charge in [0.05, 0.1) is 28.5 Å². The van der Waals surface area contributed by atoms with Crippen LogP contribution in [0.1, 0.15) is 5.56 Å². The van der Waals surface area contributed by atoms with E-state index in [-0.39, 0.29) is 0 Å². The maximum atomic E-state index is 12.6. The Labute approximate surface area is 121 Å². The zero-order valence-electron chi connectivity index (χ0n) is 10.6. The minimum absolute atomic E-state index is 0.345. The molecule has 0 aliphatic heterocycles. The zero-order chi connectivity index (χ0) is 14.9. The molecule has 110 valence electrons. The molecule has 9 heteroatoms. The standard InChI is InChI=1S/C12H10F3N5S/c13-12(14,15)8-1-2-10-9(7-8)18-11(21-10)16-3-5-20-6-4-17-19-20/h1-2,4,6-7H,3,5H2,(H,16,18). The van der Waals surface area contributed by atoms with E-state index in [1.807, 2.05) is 0 Å². The molecule has 0 radical (unpaired) electrons. The van der Waals surface area contributed by atoms with Gasteiger partial charge in [0.1, 0.15) is 0 Å². The summed E-state index contributed by atoms with van der Waals surface area (Å²) in [6.45, 7) is 1.17. The summed E-state index contributed by atoms with van der Waals surface area (Å²) >= 11 is 1.32. The molecule has 1 aromatic carbocycles. The second kappa shape index (κ2) is 5.32. The molecule has 2 aromatic heterocycles. The Balaban J connectivity index is 1.72. The predicted molar refractivity (Wildman–Crippen MR) is 73.1 cm³/mol. The van der Waals surface area contributed by atoms with Crippen molar-refractivity contribution in [1.82, 2.24) is 20.0 Å². The Morgan fingerprint density at radius 2 is 2.14 bits per heavy atom. The molecule has 0 unspecified atom stereocenters. The van der Waals surface area contributed by atoms with Gasteiger partial charge in [-0.3, -0.25) is 4.68 Å². The van der Waals surface area contributed by atoms with Crippen LogP contribution in [0.2, 0.25) is 0 Å². The van der Waals surface area contributed by atoms with Crippen molar-refractivity contribution in [2.24, 2.45) is 0 Å². The van der Waals surface area contributed by atoms with Crippen LogP contribution in [-0.4, -0.2) is 26.5 Å². The molecule has 0 amide bonds. The maximum Gasteiger partial charge on any atom is 0.416 e. The van der Waals surface area contributed by atoms with Crippen LogP contribution >= 0.6 is 11.3 Å². The van der Waals surface area contributed by atoms with Crippen molar-refractivity contribution in [2.45, 2.75) is 12.7 Å². The van der Waals surface area contributed by atoms with Gasteiger partial charge in [0.25, 0.3) is 0 Å². The lowest BCUT2D eigenvalue weighted by Crippen LogP contribution is -2.10. The van der Waals surface area contributed by atoms with Crippen LogP contribution < -0.4 is 5.32 Å². The third kappa shape index (κ3) is 3.13. The Hall–Kier alpha value is -2.16. The summed E-state index contributed by atoms with van der Waals surface area (Å²) in [6, 6.07) is 3.58. The van der Waals surface area contributed by atoms with E-state index in [0.29, 0.717) is 28.4 Å².